The third-order valence-corrected chi connectivity index (χ3v) is 3.28. The molecule has 1 saturated heterocycles. The summed E-state index contributed by atoms with van der Waals surface area (Å²) in [6.07, 6.45) is 0.0258. The molecule has 1 N–H and O–H groups in total. The first kappa shape index (κ1) is 13.3. The molecule has 0 spiro atoms. The van der Waals surface area contributed by atoms with E-state index in [4.69, 9.17) is 14.2 Å². The lowest BCUT2D eigenvalue weighted by atomic mass is 10.1. The molecule has 0 aromatic rings. The zero-order valence-electron chi connectivity index (χ0n) is 11.4. The van der Waals surface area contributed by atoms with E-state index in [0.717, 1.165) is 0 Å². The van der Waals surface area contributed by atoms with Crippen molar-refractivity contribution in [1.82, 2.24) is 0 Å². The minimum absolute atomic E-state index is 0.0395. The van der Waals surface area contributed by atoms with Crippen molar-refractivity contribution in [3.8, 4) is 0 Å². The van der Waals surface area contributed by atoms with Gasteiger partial charge in [0.2, 0.25) is 0 Å². The number of fused-ring (bicyclic) bond motifs is 1. The summed E-state index contributed by atoms with van der Waals surface area (Å²) in [6.45, 7) is 10.5. The van der Waals surface area contributed by atoms with Gasteiger partial charge in [-0.15, -0.1) is 0 Å². The second kappa shape index (κ2) is 4.19. The van der Waals surface area contributed by atoms with Gasteiger partial charge in [-0.25, -0.2) is 0 Å². The van der Waals surface area contributed by atoms with Gasteiger partial charge in [0.15, 0.2) is 5.79 Å². The monoisotopic (exact) mass is 244 g/mol. The molecule has 0 radical (unpaired) electrons. The van der Waals surface area contributed by atoms with Crippen LogP contribution in [0.1, 0.15) is 41.0 Å². The predicted molar refractivity (Wildman–Crippen MR) is 63.6 cm³/mol. The maximum atomic E-state index is 9.97. The van der Waals surface area contributed by atoms with Gasteiger partial charge < -0.3 is 19.3 Å². The van der Waals surface area contributed by atoms with Crippen LogP contribution in [0, 0.1) is 5.92 Å². The summed E-state index contributed by atoms with van der Waals surface area (Å²) in [4.78, 5) is 0. The van der Waals surface area contributed by atoms with E-state index < -0.39 is 11.9 Å². The predicted octanol–water partition coefficient (Wildman–Crippen LogP) is 1.70. The average Bonchev–Trinajstić information content (AvgIpc) is 2.58. The molecule has 1 aliphatic heterocycles. The highest BCUT2D eigenvalue weighted by Gasteiger charge is 2.53. The molecule has 2 rings (SSSR count). The molecule has 0 bridgehead atoms. The first-order valence-corrected chi connectivity index (χ1v) is 6.36. The van der Waals surface area contributed by atoms with Crippen molar-refractivity contribution in [2.24, 2.45) is 5.92 Å². The van der Waals surface area contributed by atoms with E-state index in [2.05, 4.69) is 0 Å². The van der Waals surface area contributed by atoms with E-state index in [9.17, 15) is 5.11 Å². The second-order valence-corrected chi connectivity index (χ2v) is 6.55. The number of hydrogen-bond donors (Lipinski definition) is 1. The summed E-state index contributed by atoms with van der Waals surface area (Å²) >= 11 is 0. The van der Waals surface area contributed by atoms with Crippen LogP contribution in [-0.4, -0.2) is 41.4 Å². The Labute approximate surface area is 103 Å². The van der Waals surface area contributed by atoms with Gasteiger partial charge in [0.25, 0.3) is 0 Å². The fourth-order valence-electron chi connectivity index (χ4n) is 2.58. The van der Waals surface area contributed by atoms with Crippen LogP contribution in [0.15, 0.2) is 0 Å². The van der Waals surface area contributed by atoms with Gasteiger partial charge in [-0.2, -0.15) is 0 Å². The van der Waals surface area contributed by atoms with Crippen LogP contribution >= 0.6 is 0 Å². The third kappa shape index (κ3) is 2.99. The summed E-state index contributed by atoms with van der Waals surface area (Å²) in [6, 6.07) is 0. The summed E-state index contributed by atoms with van der Waals surface area (Å²) in [5, 5.41) is 9.97. The van der Waals surface area contributed by atoms with Crippen molar-refractivity contribution in [1.29, 1.82) is 0 Å². The molecule has 100 valence electrons. The fraction of sp³-hybridized carbons (Fsp3) is 1.00. The molecule has 1 saturated carbocycles. The standard InChI is InChI=1S/C13H24O4/c1-12(2,3)15-7-8-6-9(14)11-10(8)16-13(4,5)17-11/h8-11,14H,6-7H2,1-5H3/t8-,9+,10+,11?/m1/s1. The second-order valence-electron chi connectivity index (χ2n) is 6.55. The molecule has 0 amide bonds. The molecule has 4 nitrogen and oxygen atoms in total. The molecule has 1 unspecified atom stereocenters. The highest BCUT2D eigenvalue weighted by atomic mass is 16.8. The van der Waals surface area contributed by atoms with E-state index in [1.807, 2.05) is 34.6 Å². The minimum atomic E-state index is -0.587. The Morgan fingerprint density at radius 3 is 2.41 bits per heavy atom. The van der Waals surface area contributed by atoms with Crippen molar-refractivity contribution in [3.05, 3.63) is 0 Å². The average molecular weight is 244 g/mol. The summed E-state index contributed by atoms with van der Waals surface area (Å²) < 4.78 is 17.4. The van der Waals surface area contributed by atoms with Crippen LogP contribution in [0.3, 0.4) is 0 Å². The highest BCUT2D eigenvalue weighted by molar-refractivity contribution is 4.98. The Balaban J connectivity index is 1.97. The van der Waals surface area contributed by atoms with Gasteiger partial charge in [0, 0.05) is 5.92 Å². The first-order valence-electron chi connectivity index (χ1n) is 6.36. The summed E-state index contributed by atoms with van der Waals surface area (Å²) in [5.41, 5.74) is -0.155. The van der Waals surface area contributed by atoms with Crippen molar-refractivity contribution in [2.45, 2.75) is 70.7 Å². The zero-order chi connectivity index (χ0) is 12.8. The summed E-state index contributed by atoms with van der Waals surface area (Å²) in [7, 11) is 0. The fourth-order valence-corrected chi connectivity index (χ4v) is 2.58. The molecular weight excluding hydrogens is 220 g/mol. The normalized spacial score (nSPS) is 40.6. The lowest BCUT2D eigenvalue weighted by molar-refractivity contribution is -0.170. The quantitative estimate of drug-likeness (QED) is 0.803. The summed E-state index contributed by atoms with van der Waals surface area (Å²) in [5.74, 6) is -0.368. The largest absolute Gasteiger partial charge is 0.390 e. The van der Waals surface area contributed by atoms with E-state index >= 15 is 0 Å². The first-order chi connectivity index (χ1) is 7.68. The zero-order valence-corrected chi connectivity index (χ0v) is 11.4. The van der Waals surface area contributed by atoms with E-state index in [1.54, 1.807) is 0 Å². The van der Waals surface area contributed by atoms with Crippen molar-refractivity contribution in [3.63, 3.8) is 0 Å². The Morgan fingerprint density at radius 2 is 1.82 bits per heavy atom. The lowest BCUT2D eigenvalue weighted by Gasteiger charge is -2.26. The molecule has 4 atom stereocenters. The molecule has 0 aromatic carbocycles. The van der Waals surface area contributed by atoms with Gasteiger partial charge >= 0.3 is 0 Å². The maximum Gasteiger partial charge on any atom is 0.163 e. The Bertz CT molecular complexity index is 282. The number of aliphatic hydroxyl groups excluding tert-OH is 1. The molecule has 4 heteroatoms. The maximum absolute atomic E-state index is 9.97. The Morgan fingerprint density at radius 1 is 1.24 bits per heavy atom. The van der Waals surface area contributed by atoms with Gasteiger partial charge in [-0.05, 0) is 41.0 Å². The van der Waals surface area contributed by atoms with Crippen molar-refractivity contribution < 1.29 is 19.3 Å². The van der Waals surface area contributed by atoms with Crippen LogP contribution in [0.4, 0.5) is 0 Å². The molecule has 17 heavy (non-hydrogen) atoms. The van der Waals surface area contributed by atoms with Crippen LogP contribution in [0.2, 0.25) is 0 Å². The number of hydrogen-bond acceptors (Lipinski definition) is 4. The Hall–Kier alpha value is -0.160. The SMILES string of the molecule is CC(C)(C)OC[C@H]1C[C@H](O)C2OC(C)(C)O[C@H]21. The molecule has 1 aliphatic carbocycles. The Kier molecular flexibility index (Phi) is 3.28. The molecule has 1 heterocycles. The van der Waals surface area contributed by atoms with Gasteiger partial charge in [-0.1, -0.05) is 0 Å². The van der Waals surface area contributed by atoms with Gasteiger partial charge in [0.1, 0.15) is 6.10 Å². The molecule has 0 aromatic heterocycles. The van der Waals surface area contributed by atoms with Crippen LogP contribution in [0.5, 0.6) is 0 Å². The number of ether oxygens (including phenoxy) is 3. The van der Waals surface area contributed by atoms with E-state index in [0.29, 0.717) is 13.0 Å². The lowest BCUT2D eigenvalue weighted by Crippen LogP contribution is -2.31. The smallest absolute Gasteiger partial charge is 0.163 e. The molecular formula is C13H24O4. The van der Waals surface area contributed by atoms with E-state index in [1.165, 1.54) is 0 Å². The van der Waals surface area contributed by atoms with Crippen LogP contribution in [-0.2, 0) is 14.2 Å². The minimum Gasteiger partial charge on any atom is -0.390 e. The van der Waals surface area contributed by atoms with Gasteiger partial charge in [0.05, 0.1) is 24.4 Å². The molecule has 2 aliphatic rings. The third-order valence-electron chi connectivity index (χ3n) is 3.28. The van der Waals surface area contributed by atoms with Crippen LogP contribution in [0.25, 0.3) is 0 Å². The topological polar surface area (TPSA) is 47.9 Å². The van der Waals surface area contributed by atoms with E-state index in [-0.39, 0.29) is 23.7 Å². The number of aliphatic hydroxyl groups is 1. The number of rotatable bonds is 2. The molecule has 2 fully saturated rings. The van der Waals surface area contributed by atoms with Gasteiger partial charge in [-0.3, -0.25) is 0 Å². The highest BCUT2D eigenvalue weighted by Crippen LogP contribution is 2.41. The van der Waals surface area contributed by atoms with Crippen molar-refractivity contribution >= 4 is 0 Å². The van der Waals surface area contributed by atoms with Crippen molar-refractivity contribution in [2.75, 3.05) is 6.61 Å². The van der Waals surface area contributed by atoms with Crippen LogP contribution < -0.4 is 0 Å².